The van der Waals surface area contributed by atoms with Gasteiger partial charge in [-0.25, -0.2) is 4.39 Å². The predicted octanol–water partition coefficient (Wildman–Crippen LogP) is 7.40. The molecule has 1 heterocycles. The zero-order valence-corrected chi connectivity index (χ0v) is 20.1. The molecule has 0 spiro atoms. The Morgan fingerprint density at radius 3 is 2.51 bits per heavy atom. The van der Waals surface area contributed by atoms with Gasteiger partial charge in [-0.1, -0.05) is 48.5 Å². The molecule has 182 valence electrons. The van der Waals surface area contributed by atoms with Crippen LogP contribution >= 0.6 is 0 Å². The van der Waals surface area contributed by atoms with Gasteiger partial charge in [0.15, 0.2) is 5.78 Å². The van der Waals surface area contributed by atoms with Crippen molar-refractivity contribution in [2.45, 2.75) is 51.9 Å². The van der Waals surface area contributed by atoms with E-state index in [9.17, 15) is 14.0 Å². The number of pyridine rings is 1. The van der Waals surface area contributed by atoms with Crippen LogP contribution in [0.1, 0.15) is 68.3 Å². The maximum absolute atomic E-state index is 13.6. The number of benzene rings is 2. The van der Waals surface area contributed by atoms with Gasteiger partial charge in [-0.2, -0.15) is 0 Å². The Labute approximate surface area is 209 Å². The van der Waals surface area contributed by atoms with Crippen LogP contribution in [0.15, 0.2) is 84.0 Å². The maximum atomic E-state index is 13.6. The summed E-state index contributed by atoms with van der Waals surface area (Å²) >= 11 is 0. The molecule has 1 aliphatic rings. The highest BCUT2D eigenvalue weighted by Gasteiger charge is 2.17. The fraction of sp³-hybridized carbons (Fsp3) is 0.258. The number of halogens is 1. The molecular formula is C31H34FNO2. The highest BCUT2D eigenvalue weighted by molar-refractivity contribution is 5.97. The summed E-state index contributed by atoms with van der Waals surface area (Å²) in [5.41, 5.74) is 7.28. The molecule has 0 unspecified atom stereocenters. The number of carbonyl (C=O) groups excluding carboxylic acids is 2. The van der Waals surface area contributed by atoms with Crippen molar-refractivity contribution in [3.8, 4) is 0 Å². The molecule has 0 bridgehead atoms. The fourth-order valence-electron chi connectivity index (χ4n) is 4.56. The van der Waals surface area contributed by atoms with Crippen LogP contribution in [0, 0.1) is 5.82 Å². The van der Waals surface area contributed by atoms with Crippen LogP contribution in [0.5, 0.6) is 0 Å². The number of aryl methyl sites for hydroxylation is 3. The van der Waals surface area contributed by atoms with E-state index in [2.05, 4.69) is 0 Å². The minimum absolute atomic E-state index is 0. The van der Waals surface area contributed by atoms with Crippen LogP contribution in [0.3, 0.4) is 0 Å². The van der Waals surface area contributed by atoms with Crippen molar-refractivity contribution >= 4 is 17.6 Å². The molecule has 2 aromatic carbocycles. The Hall–Kier alpha value is -3.66. The zero-order valence-electron chi connectivity index (χ0n) is 20.1. The number of nitrogens with zero attached hydrogens (tertiary/aromatic N) is 1. The van der Waals surface area contributed by atoms with Gasteiger partial charge < -0.3 is 0 Å². The molecule has 0 fully saturated rings. The van der Waals surface area contributed by atoms with E-state index < -0.39 is 0 Å². The molecule has 1 aliphatic carbocycles. The van der Waals surface area contributed by atoms with Crippen molar-refractivity contribution in [3.05, 3.63) is 118 Å². The van der Waals surface area contributed by atoms with Gasteiger partial charge in [-0.3, -0.25) is 14.6 Å². The first-order chi connectivity index (χ1) is 17.0. The lowest BCUT2D eigenvalue weighted by molar-refractivity contribution is -0.105. The SMILES string of the molecule is CC1=C(C=O)CCC(c2ccc(C(=O)CCc3ccccc3)c(CCCc3cccc(F)c3)n2)=C1.[HH].[HH]. The Morgan fingerprint density at radius 2 is 1.77 bits per heavy atom. The lowest BCUT2D eigenvalue weighted by Gasteiger charge is -2.17. The summed E-state index contributed by atoms with van der Waals surface area (Å²) in [5.74, 6) is -0.146. The van der Waals surface area contributed by atoms with Gasteiger partial charge in [0.25, 0.3) is 0 Å². The first-order valence-electron chi connectivity index (χ1n) is 12.2. The molecule has 3 aromatic rings. The van der Waals surface area contributed by atoms with Crippen molar-refractivity contribution in [1.82, 2.24) is 4.98 Å². The van der Waals surface area contributed by atoms with Gasteiger partial charge in [-0.05, 0) is 97.6 Å². The summed E-state index contributed by atoms with van der Waals surface area (Å²) < 4.78 is 13.6. The van der Waals surface area contributed by atoms with Gasteiger partial charge in [0.05, 0.1) is 11.4 Å². The topological polar surface area (TPSA) is 47.0 Å². The molecule has 1 aromatic heterocycles. The number of aldehydes is 1. The molecular weight excluding hydrogens is 437 g/mol. The van der Waals surface area contributed by atoms with Crippen LogP contribution in [0.4, 0.5) is 4.39 Å². The molecule has 0 aliphatic heterocycles. The van der Waals surface area contributed by atoms with E-state index in [0.29, 0.717) is 37.7 Å². The number of rotatable bonds is 10. The molecule has 0 N–H and O–H groups in total. The number of hydrogen-bond donors (Lipinski definition) is 0. The number of hydrogen-bond acceptors (Lipinski definition) is 3. The van der Waals surface area contributed by atoms with Crippen LogP contribution < -0.4 is 0 Å². The second-order valence-corrected chi connectivity index (χ2v) is 9.08. The largest absolute Gasteiger partial charge is 0.298 e. The van der Waals surface area contributed by atoms with Gasteiger partial charge >= 0.3 is 0 Å². The smallest absolute Gasteiger partial charge is 0.165 e. The van der Waals surface area contributed by atoms with E-state index in [0.717, 1.165) is 58.4 Å². The monoisotopic (exact) mass is 471 g/mol. The third kappa shape index (κ3) is 6.48. The van der Waals surface area contributed by atoms with Gasteiger partial charge in [0, 0.05) is 14.8 Å². The summed E-state index contributed by atoms with van der Waals surface area (Å²) in [7, 11) is 0. The van der Waals surface area contributed by atoms with Crippen LogP contribution in [-0.4, -0.2) is 17.1 Å². The van der Waals surface area contributed by atoms with Gasteiger partial charge in [0.2, 0.25) is 0 Å². The molecule has 4 rings (SSSR count). The van der Waals surface area contributed by atoms with Crippen molar-refractivity contribution in [2.24, 2.45) is 0 Å². The second-order valence-electron chi connectivity index (χ2n) is 9.08. The lowest BCUT2D eigenvalue weighted by atomic mass is 9.91. The van der Waals surface area contributed by atoms with E-state index in [4.69, 9.17) is 4.98 Å². The summed E-state index contributed by atoms with van der Waals surface area (Å²) in [4.78, 5) is 29.4. The Kier molecular flexibility index (Phi) is 8.15. The van der Waals surface area contributed by atoms with E-state index in [1.54, 1.807) is 12.1 Å². The molecule has 0 saturated carbocycles. The Bertz CT molecular complexity index is 1290. The third-order valence-electron chi connectivity index (χ3n) is 6.56. The molecule has 0 atom stereocenters. The molecule has 0 radical (unpaired) electrons. The van der Waals surface area contributed by atoms with Crippen LogP contribution in [-0.2, 0) is 24.1 Å². The highest BCUT2D eigenvalue weighted by atomic mass is 19.1. The summed E-state index contributed by atoms with van der Waals surface area (Å²) in [6.45, 7) is 1.95. The third-order valence-corrected chi connectivity index (χ3v) is 6.56. The van der Waals surface area contributed by atoms with Gasteiger partial charge in [-0.15, -0.1) is 0 Å². The van der Waals surface area contributed by atoms with Crippen molar-refractivity contribution in [3.63, 3.8) is 0 Å². The van der Waals surface area contributed by atoms with Crippen LogP contribution in [0.25, 0.3) is 5.57 Å². The van der Waals surface area contributed by atoms with E-state index in [-0.39, 0.29) is 14.5 Å². The van der Waals surface area contributed by atoms with Crippen molar-refractivity contribution in [2.75, 3.05) is 0 Å². The lowest BCUT2D eigenvalue weighted by Crippen LogP contribution is -2.10. The Balaban J connectivity index is 0.00000241. The first kappa shape index (κ1) is 24.5. The molecule has 0 saturated heterocycles. The zero-order chi connectivity index (χ0) is 24.6. The van der Waals surface area contributed by atoms with E-state index >= 15 is 0 Å². The fourth-order valence-corrected chi connectivity index (χ4v) is 4.56. The number of Topliss-reactive ketones (excluding diaryl/α,β-unsaturated/α-hetero) is 1. The van der Waals surface area contributed by atoms with E-state index in [1.807, 2.05) is 61.5 Å². The van der Waals surface area contributed by atoms with Crippen molar-refractivity contribution in [1.29, 1.82) is 0 Å². The predicted molar refractivity (Wildman–Crippen MR) is 142 cm³/mol. The maximum Gasteiger partial charge on any atom is 0.165 e. The second kappa shape index (κ2) is 11.7. The standard InChI is InChI=1S/C31H30FNO2.2H2/c1-22-19-25(14-15-26(22)21-34)29-17-16-28(31(35)18-13-23-7-3-2-4-8-23)30(33-29)12-6-10-24-9-5-11-27(32)20-24;;/h2-5,7-9,11,16-17,19-21H,6,10,12-15,18H2,1H3;2*1H. The normalized spacial score (nSPS) is 13.5. The summed E-state index contributed by atoms with van der Waals surface area (Å²) in [6.07, 6.45) is 7.66. The molecule has 0 amide bonds. The number of carbonyl (C=O) groups is 2. The minimum atomic E-state index is -0.234. The highest BCUT2D eigenvalue weighted by Crippen LogP contribution is 2.30. The summed E-state index contributed by atoms with van der Waals surface area (Å²) in [6, 6.07) is 20.5. The number of aromatic nitrogens is 1. The minimum Gasteiger partial charge on any atom is -0.298 e. The van der Waals surface area contributed by atoms with Crippen LogP contribution in [0.2, 0.25) is 0 Å². The number of ketones is 1. The van der Waals surface area contributed by atoms with Gasteiger partial charge in [0.1, 0.15) is 12.1 Å². The average Bonchev–Trinajstić information content (AvgIpc) is 2.88. The quantitative estimate of drug-likeness (QED) is 0.229. The molecule has 3 nitrogen and oxygen atoms in total. The first-order valence-corrected chi connectivity index (χ1v) is 12.2. The molecule has 4 heteroatoms. The van der Waals surface area contributed by atoms with E-state index in [1.165, 1.54) is 6.07 Å². The number of allylic oxidation sites excluding steroid dienone is 4. The average molecular weight is 472 g/mol. The Morgan fingerprint density at radius 1 is 0.971 bits per heavy atom. The summed E-state index contributed by atoms with van der Waals surface area (Å²) in [5, 5.41) is 0. The van der Waals surface area contributed by atoms with Crippen molar-refractivity contribution < 1.29 is 16.8 Å². The molecule has 35 heavy (non-hydrogen) atoms.